The number of likely N-dealkylation sites (tertiary alicyclic amines) is 1. The van der Waals surface area contributed by atoms with Gasteiger partial charge in [-0.25, -0.2) is 9.37 Å². The zero-order valence-corrected chi connectivity index (χ0v) is 14.2. The van der Waals surface area contributed by atoms with Crippen molar-refractivity contribution in [2.45, 2.75) is 31.4 Å². The van der Waals surface area contributed by atoms with Crippen LogP contribution in [0.1, 0.15) is 40.6 Å². The molecule has 2 N–H and O–H groups in total. The third-order valence-electron chi connectivity index (χ3n) is 4.32. The van der Waals surface area contributed by atoms with Crippen LogP contribution in [0.5, 0.6) is 0 Å². The van der Waals surface area contributed by atoms with Gasteiger partial charge in [-0.2, -0.15) is 0 Å². The SMILES string of the molecule is CNc1ncc(C(=O)N2CCCC2CC(O)c2ccc(F)cc2)s1. The van der Waals surface area contributed by atoms with Crippen molar-refractivity contribution in [2.24, 2.45) is 0 Å². The van der Waals surface area contributed by atoms with E-state index in [2.05, 4.69) is 10.3 Å². The summed E-state index contributed by atoms with van der Waals surface area (Å²) >= 11 is 1.33. The van der Waals surface area contributed by atoms with E-state index in [-0.39, 0.29) is 17.8 Å². The number of carbonyl (C=O) groups excluding carboxylic acids is 1. The fourth-order valence-corrected chi connectivity index (χ4v) is 3.78. The topological polar surface area (TPSA) is 65.5 Å². The van der Waals surface area contributed by atoms with Crippen molar-refractivity contribution in [3.8, 4) is 0 Å². The van der Waals surface area contributed by atoms with E-state index in [1.165, 1.54) is 23.5 Å². The molecule has 0 bridgehead atoms. The number of nitrogens with one attached hydrogen (secondary N) is 1. The minimum Gasteiger partial charge on any atom is -0.388 e. The number of halogens is 1. The molecule has 0 spiro atoms. The molecule has 5 nitrogen and oxygen atoms in total. The lowest BCUT2D eigenvalue weighted by molar-refractivity contribution is 0.0671. The van der Waals surface area contributed by atoms with E-state index in [1.807, 2.05) is 4.90 Å². The van der Waals surface area contributed by atoms with Gasteiger partial charge in [0.05, 0.1) is 12.3 Å². The Morgan fingerprint density at radius 3 is 2.92 bits per heavy atom. The molecule has 0 saturated carbocycles. The van der Waals surface area contributed by atoms with Gasteiger partial charge in [0.25, 0.3) is 5.91 Å². The normalized spacial score (nSPS) is 18.6. The molecule has 2 heterocycles. The molecule has 2 aromatic rings. The fourth-order valence-electron chi connectivity index (χ4n) is 3.06. The van der Waals surface area contributed by atoms with Crippen LogP contribution in [0.3, 0.4) is 0 Å². The molecule has 128 valence electrons. The largest absolute Gasteiger partial charge is 0.388 e. The van der Waals surface area contributed by atoms with Crippen LogP contribution < -0.4 is 5.32 Å². The Morgan fingerprint density at radius 1 is 1.50 bits per heavy atom. The van der Waals surface area contributed by atoms with Gasteiger partial charge in [-0.3, -0.25) is 4.79 Å². The average molecular weight is 349 g/mol. The minimum atomic E-state index is -0.710. The molecule has 3 rings (SSSR count). The highest BCUT2D eigenvalue weighted by atomic mass is 32.1. The summed E-state index contributed by atoms with van der Waals surface area (Å²) in [6.07, 6.45) is 3.12. The van der Waals surface area contributed by atoms with Crippen LogP contribution in [-0.4, -0.2) is 40.5 Å². The van der Waals surface area contributed by atoms with E-state index in [0.29, 0.717) is 28.5 Å². The Hall–Kier alpha value is -1.99. The molecule has 1 amide bonds. The number of amides is 1. The predicted octanol–water partition coefficient (Wildman–Crippen LogP) is 3.05. The summed E-state index contributed by atoms with van der Waals surface area (Å²) in [4.78, 5) is 19.2. The Bertz CT molecular complexity index is 704. The van der Waals surface area contributed by atoms with Gasteiger partial charge in [0, 0.05) is 19.6 Å². The van der Waals surface area contributed by atoms with Gasteiger partial charge in [-0.1, -0.05) is 23.5 Å². The molecule has 7 heteroatoms. The number of aliphatic hydroxyl groups excluding tert-OH is 1. The lowest BCUT2D eigenvalue weighted by Crippen LogP contribution is -2.36. The molecule has 1 aromatic heterocycles. The highest BCUT2D eigenvalue weighted by Crippen LogP contribution is 2.30. The molecule has 2 unspecified atom stereocenters. The van der Waals surface area contributed by atoms with E-state index in [0.717, 1.165) is 12.8 Å². The Morgan fingerprint density at radius 2 is 2.25 bits per heavy atom. The molecule has 24 heavy (non-hydrogen) atoms. The average Bonchev–Trinajstić information content (AvgIpc) is 3.24. The lowest BCUT2D eigenvalue weighted by atomic mass is 10.0. The lowest BCUT2D eigenvalue weighted by Gasteiger charge is -2.26. The van der Waals surface area contributed by atoms with Crippen LogP contribution in [0, 0.1) is 5.82 Å². The number of aromatic nitrogens is 1. The first-order valence-corrected chi connectivity index (χ1v) is 8.78. The minimum absolute atomic E-state index is 0.0160. The zero-order valence-electron chi connectivity index (χ0n) is 13.4. The molecular formula is C17H20FN3O2S. The summed E-state index contributed by atoms with van der Waals surface area (Å²) in [5.41, 5.74) is 0.672. The summed E-state index contributed by atoms with van der Waals surface area (Å²) in [6, 6.07) is 5.84. The number of anilines is 1. The summed E-state index contributed by atoms with van der Waals surface area (Å²) < 4.78 is 13.0. The number of thiazole rings is 1. The molecule has 2 atom stereocenters. The third-order valence-corrected chi connectivity index (χ3v) is 5.32. The van der Waals surface area contributed by atoms with Gasteiger partial charge in [0.2, 0.25) is 0 Å². The number of rotatable bonds is 5. The summed E-state index contributed by atoms with van der Waals surface area (Å²) in [5.74, 6) is -0.364. The number of benzene rings is 1. The molecule has 0 aliphatic carbocycles. The number of carbonyl (C=O) groups is 1. The smallest absolute Gasteiger partial charge is 0.265 e. The van der Waals surface area contributed by atoms with E-state index in [4.69, 9.17) is 0 Å². The van der Waals surface area contributed by atoms with Gasteiger partial charge in [0.1, 0.15) is 10.7 Å². The molecule has 0 radical (unpaired) electrons. The molecule has 1 aliphatic heterocycles. The van der Waals surface area contributed by atoms with E-state index in [9.17, 15) is 14.3 Å². The van der Waals surface area contributed by atoms with Crippen molar-refractivity contribution in [2.75, 3.05) is 18.9 Å². The van der Waals surface area contributed by atoms with Crippen LogP contribution >= 0.6 is 11.3 Å². The molecule has 1 fully saturated rings. The Labute approximate surface area is 144 Å². The monoisotopic (exact) mass is 349 g/mol. The predicted molar refractivity (Wildman–Crippen MR) is 91.7 cm³/mol. The summed E-state index contributed by atoms with van der Waals surface area (Å²) in [5, 5.41) is 14.0. The number of nitrogens with zero attached hydrogens (tertiary/aromatic N) is 2. The van der Waals surface area contributed by atoms with Gasteiger partial charge in [-0.05, 0) is 37.0 Å². The summed E-state index contributed by atoms with van der Waals surface area (Å²) in [7, 11) is 1.77. The second kappa shape index (κ2) is 7.27. The van der Waals surface area contributed by atoms with Gasteiger partial charge < -0.3 is 15.3 Å². The van der Waals surface area contributed by atoms with Crippen LogP contribution in [0.2, 0.25) is 0 Å². The van der Waals surface area contributed by atoms with Crippen LogP contribution in [0.25, 0.3) is 0 Å². The second-order valence-corrected chi connectivity index (χ2v) is 6.91. The third kappa shape index (κ3) is 3.57. The zero-order chi connectivity index (χ0) is 17.1. The molecule has 1 saturated heterocycles. The highest BCUT2D eigenvalue weighted by Gasteiger charge is 2.32. The molecular weight excluding hydrogens is 329 g/mol. The van der Waals surface area contributed by atoms with Gasteiger partial charge >= 0.3 is 0 Å². The molecule has 1 aromatic carbocycles. The van der Waals surface area contributed by atoms with Crippen LogP contribution in [0.15, 0.2) is 30.5 Å². The first-order chi connectivity index (χ1) is 11.6. The standard InChI is InChI=1S/C17H20FN3O2S/c1-19-17-20-10-15(24-17)16(23)21-8-2-3-13(21)9-14(22)11-4-6-12(18)7-5-11/h4-7,10,13-14,22H,2-3,8-9H2,1H3,(H,19,20). The number of hydrogen-bond acceptors (Lipinski definition) is 5. The first kappa shape index (κ1) is 16.9. The maximum Gasteiger partial charge on any atom is 0.265 e. The van der Waals surface area contributed by atoms with Crippen molar-refractivity contribution >= 4 is 22.4 Å². The van der Waals surface area contributed by atoms with E-state index in [1.54, 1.807) is 25.4 Å². The van der Waals surface area contributed by atoms with Crippen LogP contribution in [-0.2, 0) is 0 Å². The van der Waals surface area contributed by atoms with Crippen molar-refractivity contribution in [1.29, 1.82) is 0 Å². The van der Waals surface area contributed by atoms with Crippen molar-refractivity contribution in [3.05, 3.63) is 46.7 Å². The fraction of sp³-hybridized carbons (Fsp3) is 0.412. The summed E-state index contributed by atoms with van der Waals surface area (Å²) in [6.45, 7) is 0.687. The van der Waals surface area contributed by atoms with E-state index >= 15 is 0 Å². The Balaban J connectivity index is 1.68. The van der Waals surface area contributed by atoms with Crippen molar-refractivity contribution in [3.63, 3.8) is 0 Å². The van der Waals surface area contributed by atoms with Crippen molar-refractivity contribution in [1.82, 2.24) is 9.88 Å². The highest BCUT2D eigenvalue weighted by molar-refractivity contribution is 7.17. The van der Waals surface area contributed by atoms with Crippen LogP contribution in [0.4, 0.5) is 9.52 Å². The number of aliphatic hydroxyl groups is 1. The van der Waals surface area contributed by atoms with Gasteiger partial charge in [0.15, 0.2) is 5.13 Å². The first-order valence-electron chi connectivity index (χ1n) is 7.96. The Kier molecular flexibility index (Phi) is 5.11. The van der Waals surface area contributed by atoms with Gasteiger partial charge in [-0.15, -0.1) is 0 Å². The maximum atomic E-state index is 13.0. The quantitative estimate of drug-likeness (QED) is 0.871. The second-order valence-electron chi connectivity index (χ2n) is 5.88. The molecule has 1 aliphatic rings. The van der Waals surface area contributed by atoms with Crippen molar-refractivity contribution < 1.29 is 14.3 Å². The van der Waals surface area contributed by atoms with E-state index < -0.39 is 6.10 Å². The number of hydrogen-bond donors (Lipinski definition) is 2. The maximum absolute atomic E-state index is 13.0.